The second-order valence-electron chi connectivity index (χ2n) is 3.39. The average Bonchev–Trinajstić information content (AvgIpc) is 2.33. The van der Waals surface area contributed by atoms with Gasteiger partial charge in [0.25, 0.3) is 5.91 Å². The lowest BCUT2D eigenvalue weighted by Crippen LogP contribution is -2.32. The topological polar surface area (TPSA) is 83.0 Å². The van der Waals surface area contributed by atoms with E-state index < -0.39 is 0 Å². The number of hydrogen-bond acceptors (Lipinski definition) is 4. The standard InChI is InChI=1S/C11H13ClN4O/c1-2-16(5-3-4-13)11(17)8-6-10(12)15-7-9(8)14/h6-7H,2-3,5,14H2,1H3. The molecule has 1 heterocycles. The highest BCUT2D eigenvalue weighted by atomic mass is 35.5. The summed E-state index contributed by atoms with van der Waals surface area (Å²) in [5, 5.41) is 8.74. The van der Waals surface area contributed by atoms with Crippen LogP contribution < -0.4 is 5.73 Å². The Morgan fingerprint density at radius 1 is 1.71 bits per heavy atom. The summed E-state index contributed by atoms with van der Waals surface area (Å²) in [6.07, 6.45) is 1.64. The van der Waals surface area contributed by atoms with Crippen molar-refractivity contribution in [3.8, 4) is 6.07 Å². The third-order valence-corrected chi connectivity index (χ3v) is 2.50. The van der Waals surface area contributed by atoms with Crippen molar-refractivity contribution in [3.05, 3.63) is 23.0 Å². The van der Waals surface area contributed by atoms with Crippen LogP contribution in [0.4, 0.5) is 5.69 Å². The van der Waals surface area contributed by atoms with E-state index in [0.717, 1.165) is 0 Å². The number of nitrogens with zero attached hydrogens (tertiary/aromatic N) is 3. The van der Waals surface area contributed by atoms with Crippen LogP contribution in [0.2, 0.25) is 5.15 Å². The Kier molecular flexibility index (Phi) is 4.73. The van der Waals surface area contributed by atoms with Gasteiger partial charge in [-0.3, -0.25) is 4.79 Å². The molecule has 0 spiro atoms. The number of amides is 1. The van der Waals surface area contributed by atoms with Crippen molar-refractivity contribution in [1.29, 1.82) is 5.26 Å². The molecule has 2 N–H and O–H groups in total. The van der Waals surface area contributed by atoms with Crippen LogP contribution in [-0.2, 0) is 0 Å². The minimum atomic E-state index is -0.232. The summed E-state index contributed by atoms with van der Waals surface area (Å²) in [7, 11) is 0. The molecule has 0 aliphatic heterocycles. The van der Waals surface area contributed by atoms with Crippen molar-refractivity contribution in [2.45, 2.75) is 13.3 Å². The van der Waals surface area contributed by atoms with Crippen LogP contribution >= 0.6 is 11.6 Å². The van der Waals surface area contributed by atoms with Crippen molar-refractivity contribution in [2.24, 2.45) is 0 Å². The zero-order valence-corrected chi connectivity index (χ0v) is 10.2. The summed E-state index contributed by atoms with van der Waals surface area (Å²) < 4.78 is 0. The molecule has 0 atom stereocenters. The minimum Gasteiger partial charge on any atom is -0.397 e. The molecule has 1 aromatic heterocycles. The molecule has 0 bridgehead atoms. The summed E-state index contributed by atoms with van der Waals surface area (Å²) >= 11 is 5.72. The molecule has 1 rings (SSSR count). The van der Waals surface area contributed by atoms with Gasteiger partial charge >= 0.3 is 0 Å². The Balaban J connectivity index is 2.94. The van der Waals surface area contributed by atoms with E-state index in [1.165, 1.54) is 12.3 Å². The number of hydrogen-bond donors (Lipinski definition) is 1. The van der Waals surface area contributed by atoms with Crippen molar-refractivity contribution < 1.29 is 4.79 Å². The van der Waals surface area contributed by atoms with Crippen LogP contribution in [0, 0.1) is 11.3 Å². The lowest BCUT2D eigenvalue weighted by Gasteiger charge is -2.20. The van der Waals surface area contributed by atoms with Crippen LogP contribution in [-0.4, -0.2) is 28.9 Å². The zero-order chi connectivity index (χ0) is 12.8. The van der Waals surface area contributed by atoms with Gasteiger partial charge in [-0.1, -0.05) is 11.6 Å². The molecule has 90 valence electrons. The normalized spacial score (nSPS) is 9.71. The average molecular weight is 253 g/mol. The highest BCUT2D eigenvalue weighted by molar-refractivity contribution is 6.29. The molecule has 0 saturated carbocycles. The molecule has 6 heteroatoms. The zero-order valence-electron chi connectivity index (χ0n) is 9.48. The highest BCUT2D eigenvalue weighted by Crippen LogP contribution is 2.17. The molecular weight excluding hydrogens is 240 g/mol. The van der Waals surface area contributed by atoms with E-state index in [1.54, 1.807) is 4.90 Å². The Morgan fingerprint density at radius 2 is 2.41 bits per heavy atom. The fourth-order valence-electron chi connectivity index (χ4n) is 1.38. The molecule has 0 fully saturated rings. The third kappa shape index (κ3) is 3.33. The second kappa shape index (κ2) is 6.06. The van der Waals surface area contributed by atoms with Gasteiger partial charge in [-0.25, -0.2) is 4.98 Å². The summed E-state index contributed by atoms with van der Waals surface area (Å²) in [5.74, 6) is -0.232. The molecule has 5 nitrogen and oxygen atoms in total. The van der Waals surface area contributed by atoms with E-state index in [4.69, 9.17) is 22.6 Å². The Labute approximate surface area is 105 Å². The van der Waals surface area contributed by atoms with Crippen molar-refractivity contribution >= 4 is 23.2 Å². The summed E-state index contributed by atoms with van der Waals surface area (Å²) in [6.45, 7) is 2.74. The Hall–Kier alpha value is -1.80. The largest absolute Gasteiger partial charge is 0.397 e. The van der Waals surface area contributed by atoms with Gasteiger partial charge < -0.3 is 10.6 Å². The summed E-state index contributed by atoms with van der Waals surface area (Å²) in [5.41, 5.74) is 6.29. The van der Waals surface area contributed by atoms with E-state index in [-0.39, 0.29) is 23.2 Å². The Bertz CT molecular complexity index is 455. The predicted molar refractivity (Wildman–Crippen MR) is 65.5 cm³/mol. The molecule has 0 aromatic carbocycles. The fourth-order valence-corrected chi connectivity index (χ4v) is 1.54. The van der Waals surface area contributed by atoms with Crippen molar-refractivity contribution in [2.75, 3.05) is 18.8 Å². The molecule has 1 aromatic rings. The van der Waals surface area contributed by atoms with Gasteiger partial charge in [-0.15, -0.1) is 0 Å². The van der Waals surface area contributed by atoms with Gasteiger partial charge in [0.15, 0.2) is 0 Å². The maximum atomic E-state index is 12.1. The quantitative estimate of drug-likeness (QED) is 0.827. The van der Waals surface area contributed by atoms with Crippen LogP contribution in [0.25, 0.3) is 0 Å². The van der Waals surface area contributed by atoms with Crippen LogP contribution in [0.15, 0.2) is 12.3 Å². The first-order chi connectivity index (χ1) is 8.10. The van der Waals surface area contributed by atoms with Gasteiger partial charge in [0.1, 0.15) is 5.15 Å². The predicted octanol–water partition coefficient (Wildman–Crippen LogP) is 1.69. The number of nitrogen functional groups attached to an aromatic ring is 1. The number of anilines is 1. The van der Waals surface area contributed by atoms with E-state index >= 15 is 0 Å². The summed E-state index contributed by atoms with van der Waals surface area (Å²) in [6, 6.07) is 3.44. The molecule has 17 heavy (non-hydrogen) atoms. The second-order valence-corrected chi connectivity index (χ2v) is 3.77. The number of rotatable bonds is 4. The number of nitriles is 1. The maximum absolute atomic E-state index is 12.1. The van der Waals surface area contributed by atoms with Gasteiger partial charge in [-0.05, 0) is 13.0 Å². The van der Waals surface area contributed by atoms with Gasteiger partial charge in [0.2, 0.25) is 0 Å². The summed E-state index contributed by atoms with van der Waals surface area (Å²) in [4.78, 5) is 17.4. The fraction of sp³-hybridized carbons (Fsp3) is 0.364. The monoisotopic (exact) mass is 252 g/mol. The number of carbonyl (C=O) groups is 1. The molecular formula is C11H13ClN4O. The minimum absolute atomic E-state index is 0.221. The molecule has 0 saturated heterocycles. The van der Waals surface area contributed by atoms with Crippen LogP contribution in [0.3, 0.4) is 0 Å². The number of aromatic nitrogens is 1. The van der Waals surface area contributed by atoms with E-state index in [2.05, 4.69) is 4.98 Å². The van der Waals surface area contributed by atoms with E-state index in [0.29, 0.717) is 18.7 Å². The van der Waals surface area contributed by atoms with E-state index in [9.17, 15) is 4.79 Å². The lowest BCUT2D eigenvalue weighted by molar-refractivity contribution is 0.0769. The number of carbonyl (C=O) groups excluding carboxylic acids is 1. The molecule has 1 amide bonds. The first-order valence-electron chi connectivity index (χ1n) is 5.17. The van der Waals surface area contributed by atoms with Crippen molar-refractivity contribution in [3.63, 3.8) is 0 Å². The van der Waals surface area contributed by atoms with E-state index in [1.807, 2.05) is 13.0 Å². The highest BCUT2D eigenvalue weighted by Gasteiger charge is 2.17. The van der Waals surface area contributed by atoms with Gasteiger partial charge in [0, 0.05) is 13.1 Å². The third-order valence-electron chi connectivity index (χ3n) is 2.29. The van der Waals surface area contributed by atoms with Crippen LogP contribution in [0.1, 0.15) is 23.7 Å². The SMILES string of the molecule is CCN(CCC#N)C(=O)c1cc(Cl)ncc1N. The molecule has 0 unspecified atom stereocenters. The number of halogens is 1. The van der Waals surface area contributed by atoms with Gasteiger partial charge in [-0.2, -0.15) is 5.26 Å². The first kappa shape index (κ1) is 13.3. The Morgan fingerprint density at radius 3 is 3.00 bits per heavy atom. The number of nitrogens with two attached hydrogens (primary N) is 1. The van der Waals surface area contributed by atoms with Gasteiger partial charge in [0.05, 0.1) is 29.9 Å². The molecule has 0 aliphatic carbocycles. The molecule has 0 radical (unpaired) electrons. The number of pyridine rings is 1. The smallest absolute Gasteiger partial charge is 0.256 e. The maximum Gasteiger partial charge on any atom is 0.256 e. The first-order valence-corrected chi connectivity index (χ1v) is 5.55. The van der Waals surface area contributed by atoms with Crippen LogP contribution in [0.5, 0.6) is 0 Å². The lowest BCUT2D eigenvalue weighted by atomic mass is 10.2. The van der Waals surface area contributed by atoms with Crippen molar-refractivity contribution in [1.82, 2.24) is 9.88 Å². The molecule has 0 aliphatic rings.